The van der Waals surface area contributed by atoms with Gasteiger partial charge in [-0.2, -0.15) is 8.78 Å². The predicted octanol–water partition coefficient (Wildman–Crippen LogP) is 1.77. The predicted molar refractivity (Wildman–Crippen MR) is 39.2 cm³/mol. The van der Waals surface area contributed by atoms with Gasteiger partial charge in [0.15, 0.2) is 5.76 Å². The molecule has 1 aromatic heterocycles. The molecule has 1 saturated carbocycles. The molecule has 0 radical (unpaired) electrons. The maximum absolute atomic E-state index is 12.7. The number of oxazole rings is 1. The first-order chi connectivity index (χ1) is 5.92. The summed E-state index contributed by atoms with van der Waals surface area (Å²) in [6, 6.07) is 0. The van der Waals surface area contributed by atoms with Gasteiger partial charge in [-0.05, 0) is 12.8 Å². The average molecular weight is 189 g/mol. The lowest BCUT2D eigenvalue weighted by atomic mass is 10.3. The number of aromatic nitrogens is 1. The van der Waals surface area contributed by atoms with E-state index in [0.29, 0.717) is 12.8 Å². The summed E-state index contributed by atoms with van der Waals surface area (Å²) in [6.45, 7) is 0.730. The Morgan fingerprint density at radius 2 is 2.23 bits per heavy atom. The fourth-order valence-corrected chi connectivity index (χ4v) is 1.02. The summed E-state index contributed by atoms with van der Waals surface area (Å²) in [7, 11) is 0. The summed E-state index contributed by atoms with van der Waals surface area (Å²) in [6.07, 6.45) is 2.02. The number of halogens is 2. The van der Waals surface area contributed by atoms with Crippen molar-refractivity contribution in [3.63, 3.8) is 0 Å². The Hall–Kier alpha value is -0.970. The summed E-state index contributed by atoms with van der Waals surface area (Å²) >= 11 is 0. The number of hydrogen-bond acceptors (Lipinski definition) is 3. The van der Waals surface area contributed by atoms with Crippen molar-refractivity contribution in [3.8, 4) is 0 Å². The second-order valence-corrected chi connectivity index (χ2v) is 3.45. The van der Waals surface area contributed by atoms with E-state index < -0.39 is 17.3 Å². The van der Waals surface area contributed by atoms with E-state index in [4.69, 9.17) is 4.42 Å². The van der Waals surface area contributed by atoms with Crippen molar-refractivity contribution in [1.82, 2.24) is 4.98 Å². The molecule has 1 aliphatic carbocycles. The molecule has 3 nitrogen and oxygen atoms in total. The highest BCUT2D eigenvalue weighted by molar-refractivity contribution is 5.11. The van der Waals surface area contributed by atoms with Crippen molar-refractivity contribution >= 4 is 0 Å². The van der Waals surface area contributed by atoms with Crippen LogP contribution in [0.3, 0.4) is 0 Å². The first-order valence-electron chi connectivity index (χ1n) is 3.99. The highest BCUT2D eigenvalue weighted by Gasteiger charge is 2.47. The van der Waals surface area contributed by atoms with Crippen LogP contribution in [0.4, 0.5) is 8.78 Å². The van der Waals surface area contributed by atoms with Gasteiger partial charge in [-0.1, -0.05) is 0 Å². The van der Waals surface area contributed by atoms with Crippen molar-refractivity contribution in [2.45, 2.75) is 31.3 Å². The number of hydrogen-bond donors (Lipinski definition) is 1. The van der Waals surface area contributed by atoms with E-state index >= 15 is 0 Å². The quantitative estimate of drug-likeness (QED) is 0.771. The van der Waals surface area contributed by atoms with Gasteiger partial charge in [0, 0.05) is 6.92 Å². The van der Waals surface area contributed by atoms with Gasteiger partial charge in [0.05, 0.1) is 6.20 Å². The molecular weight excluding hydrogens is 180 g/mol. The SMILES string of the molecule is CC(F)(F)c1cnc(C2(O)CC2)o1. The fraction of sp³-hybridized carbons (Fsp3) is 0.625. The minimum atomic E-state index is -3.03. The Bertz CT molecular complexity index is 305. The largest absolute Gasteiger partial charge is 0.436 e. The van der Waals surface area contributed by atoms with Crippen LogP contribution in [-0.2, 0) is 11.5 Å². The van der Waals surface area contributed by atoms with E-state index in [-0.39, 0.29) is 5.89 Å². The Balaban J connectivity index is 2.29. The van der Waals surface area contributed by atoms with Crippen LogP contribution in [0, 0.1) is 0 Å². The van der Waals surface area contributed by atoms with Gasteiger partial charge in [-0.3, -0.25) is 0 Å². The van der Waals surface area contributed by atoms with Gasteiger partial charge >= 0.3 is 5.92 Å². The molecule has 0 amide bonds. The van der Waals surface area contributed by atoms with Crippen LogP contribution in [0.2, 0.25) is 0 Å². The standard InChI is InChI=1S/C8H9F2NO2/c1-7(9,10)5-4-11-6(13-5)8(12)2-3-8/h4,12H,2-3H2,1H3. The maximum atomic E-state index is 12.7. The van der Waals surface area contributed by atoms with Crippen molar-refractivity contribution in [1.29, 1.82) is 0 Å². The summed E-state index contributed by atoms with van der Waals surface area (Å²) in [5.41, 5.74) is -1.08. The highest BCUT2D eigenvalue weighted by atomic mass is 19.3. The second-order valence-electron chi connectivity index (χ2n) is 3.45. The van der Waals surface area contributed by atoms with E-state index in [1.807, 2.05) is 0 Å². The fourth-order valence-electron chi connectivity index (χ4n) is 1.02. The lowest BCUT2D eigenvalue weighted by Gasteiger charge is -2.05. The molecule has 0 atom stereocenters. The number of aliphatic hydroxyl groups is 1. The minimum Gasteiger partial charge on any atom is -0.436 e. The van der Waals surface area contributed by atoms with Gasteiger partial charge < -0.3 is 9.52 Å². The molecule has 0 bridgehead atoms. The third-order valence-corrected chi connectivity index (χ3v) is 2.06. The topological polar surface area (TPSA) is 46.3 Å². The third kappa shape index (κ3) is 1.44. The van der Waals surface area contributed by atoms with Crippen molar-refractivity contribution < 1.29 is 18.3 Å². The Morgan fingerprint density at radius 3 is 2.62 bits per heavy atom. The molecule has 1 fully saturated rings. The molecule has 13 heavy (non-hydrogen) atoms. The van der Waals surface area contributed by atoms with Crippen LogP contribution < -0.4 is 0 Å². The van der Waals surface area contributed by atoms with Crippen LogP contribution in [-0.4, -0.2) is 10.1 Å². The molecule has 1 N–H and O–H groups in total. The van der Waals surface area contributed by atoms with Crippen LogP contribution >= 0.6 is 0 Å². The van der Waals surface area contributed by atoms with E-state index in [0.717, 1.165) is 13.1 Å². The summed E-state index contributed by atoms with van der Waals surface area (Å²) in [5.74, 6) is -3.52. The Labute approximate surface area is 73.4 Å². The van der Waals surface area contributed by atoms with Gasteiger partial charge in [0.25, 0.3) is 0 Å². The molecule has 5 heteroatoms. The molecule has 0 saturated heterocycles. The molecule has 1 aliphatic rings. The number of rotatable bonds is 2. The molecule has 1 aromatic rings. The number of nitrogens with zero attached hydrogens (tertiary/aromatic N) is 1. The van der Waals surface area contributed by atoms with Crippen molar-refractivity contribution in [2.75, 3.05) is 0 Å². The molecule has 0 unspecified atom stereocenters. The molecule has 2 rings (SSSR count). The van der Waals surface area contributed by atoms with Crippen LogP contribution in [0.25, 0.3) is 0 Å². The van der Waals surface area contributed by atoms with Crippen LogP contribution in [0.5, 0.6) is 0 Å². The second kappa shape index (κ2) is 2.29. The van der Waals surface area contributed by atoms with Crippen LogP contribution in [0.1, 0.15) is 31.4 Å². The number of alkyl halides is 2. The zero-order chi connectivity index (χ0) is 9.69. The minimum absolute atomic E-state index is 0.00373. The van der Waals surface area contributed by atoms with Crippen molar-refractivity contribution in [3.05, 3.63) is 17.8 Å². The summed E-state index contributed by atoms with van der Waals surface area (Å²) in [5, 5.41) is 9.48. The normalized spacial score (nSPS) is 20.3. The van der Waals surface area contributed by atoms with E-state index in [2.05, 4.69) is 4.98 Å². The van der Waals surface area contributed by atoms with Crippen LogP contribution in [0.15, 0.2) is 10.6 Å². The summed E-state index contributed by atoms with van der Waals surface area (Å²) in [4.78, 5) is 3.62. The smallest absolute Gasteiger partial charge is 0.303 e. The van der Waals surface area contributed by atoms with E-state index in [1.165, 1.54) is 0 Å². The molecule has 1 heterocycles. The average Bonchev–Trinajstić information content (AvgIpc) is 2.60. The zero-order valence-corrected chi connectivity index (χ0v) is 7.05. The molecule has 72 valence electrons. The first-order valence-corrected chi connectivity index (χ1v) is 3.99. The van der Waals surface area contributed by atoms with Gasteiger partial charge in [-0.15, -0.1) is 0 Å². The molecular formula is C8H9F2NO2. The molecule has 0 spiro atoms. The van der Waals surface area contributed by atoms with E-state index in [9.17, 15) is 13.9 Å². The van der Waals surface area contributed by atoms with Gasteiger partial charge in [-0.25, -0.2) is 4.98 Å². The van der Waals surface area contributed by atoms with Gasteiger partial charge in [0.1, 0.15) is 5.60 Å². The lowest BCUT2D eigenvalue weighted by Crippen LogP contribution is -2.06. The monoisotopic (exact) mass is 189 g/mol. The Kier molecular flexibility index (Phi) is 1.52. The zero-order valence-electron chi connectivity index (χ0n) is 7.05. The maximum Gasteiger partial charge on any atom is 0.303 e. The van der Waals surface area contributed by atoms with E-state index in [1.54, 1.807) is 0 Å². The molecule has 0 aromatic carbocycles. The Morgan fingerprint density at radius 1 is 1.62 bits per heavy atom. The third-order valence-electron chi connectivity index (χ3n) is 2.06. The van der Waals surface area contributed by atoms with Crippen molar-refractivity contribution in [2.24, 2.45) is 0 Å². The van der Waals surface area contributed by atoms with Gasteiger partial charge in [0.2, 0.25) is 5.89 Å². The lowest BCUT2D eigenvalue weighted by molar-refractivity contribution is -0.00982. The summed E-state index contributed by atoms with van der Waals surface area (Å²) < 4.78 is 30.1. The highest BCUT2D eigenvalue weighted by Crippen LogP contribution is 2.45. The first kappa shape index (κ1) is 8.62. The molecule has 0 aliphatic heterocycles.